The van der Waals surface area contributed by atoms with Gasteiger partial charge in [-0.05, 0) is 31.0 Å². The van der Waals surface area contributed by atoms with Crippen molar-refractivity contribution in [1.29, 1.82) is 0 Å². The lowest BCUT2D eigenvalue weighted by atomic mass is 9.95. The van der Waals surface area contributed by atoms with E-state index in [9.17, 15) is 9.59 Å². The number of amides is 2. The summed E-state index contributed by atoms with van der Waals surface area (Å²) in [7, 11) is 0. The smallest absolute Gasteiger partial charge is 0.225 e. The molecule has 2 aliphatic heterocycles. The number of morpholine rings is 2. The summed E-state index contributed by atoms with van der Waals surface area (Å²) in [5.74, 6) is 0.910. The van der Waals surface area contributed by atoms with Crippen LogP contribution in [0.3, 0.4) is 0 Å². The van der Waals surface area contributed by atoms with Gasteiger partial charge in [0.05, 0.1) is 32.8 Å². The topological polar surface area (TPSA) is 68.3 Å². The molecular formula is C23H31ClN2O5. The Hall–Kier alpha value is -1.83. The number of carbonyl (C=O) groups excluding carboxylic acids is 2. The van der Waals surface area contributed by atoms with Crippen LogP contribution in [0.25, 0.3) is 0 Å². The van der Waals surface area contributed by atoms with E-state index in [2.05, 4.69) is 0 Å². The molecule has 4 rings (SSSR count). The first-order valence-corrected chi connectivity index (χ1v) is 11.6. The molecule has 1 aromatic carbocycles. The molecule has 2 saturated heterocycles. The Morgan fingerprint density at radius 2 is 1.84 bits per heavy atom. The van der Waals surface area contributed by atoms with E-state index in [-0.39, 0.29) is 30.8 Å². The number of nitrogens with zero attached hydrogens (tertiary/aromatic N) is 2. The predicted molar refractivity (Wildman–Crippen MR) is 116 cm³/mol. The second-order valence-corrected chi connectivity index (χ2v) is 9.13. The van der Waals surface area contributed by atoms with Crippen LogP contribution >= 0.6 is 11.6 Å². The van der Waals surface area contributed by atoms with Crippen molar-refractivity contribution in [2.75, 3.05) is 52.6 Å². The van der Waals surface area contributed by atoms with Crippen molar-refractivity contribution in [3.05, 3.63) is 29.3 Å². The lowest BCUT2D eigenvalue weighted by molar-refractivity contribution is -0.169. The predicted octanol–water partition coefficient (Wildman–Crippen LogP) is 2.76. The molecule has 3 aliphatic rings. The maximum atomic E-state index is 13.1. The fraction of sp³-hybridized carbons (Fsp3) is 0.652. The van der Waals surface area contributed by atoms with Crippen LogP contribution in [0.4, 0.5) is 0 Å². The molecule has 0 N–H and O–H groups in total. The van der Waals surface area contributed by atoms with Gasteiger partial charge in [-0.15, -0.1) is 0 Å². The molecule has 0 radical (unpaired) electrons. The van der Waals surface area contributed by atoms with Gasteiger partial charge in [0.25, 0.3) is 0 Å². The quantitative estimate of drug-likeness (QED) is 0.666. The van der Waals surface area contributed by atoms with Crippen molar-refractivity contribution in [2.24, 2.45) is 5.92 Å². The second-order valence-electron chi connectivity index (χ2n) is 8.69. The van der Waals surface area contributed by atoms with Crippen molar-refractivity contribution in [3.63, 3.8) is 0 Å². The summed E-state index contributed by atoms with van der Waals surface area (Å²) in [6, 6.07) is 7.17. The number of hydrogen-bond donors (Lipinski definition) is 0. The van der Waals surface area contributed by atoms with Crippen molar-refractivity contribution in [2.45, 2.75) is 37.7 Å². The molecular weight excluding hydrogens is 420 g/mol. The van der Waals surface area contributed by atoms with Crippen LogP contribution in [0.15, 0.2) is 24.3 Å². The third-order valence-electron chi connectivity index (χ3n) is 6.40. The fourth-order valence-electron chi connectivity index (χ4n) is 4.68. The molecule has 2 amide bonds. The van der Waals surface area contributed by atoms with Gasteiger partial charge in [0.15, 0.2) is 0 Å². The Labute approximate surface area is 188 Å². The zero-order valence-electron chi connectivity index (χ0n) is 17.9. The Morgan fingerprint density at radius 3 is 2.58 bits per heavy atom. The molecule has 1 atom stereocenters. The summed E-state index contributed by atoms with van der Waals surface area (Å²) in [6.07, 6.45) is 4.30. The van der Waals surface area contributed by atoms with Gasteiger partial charge in [0.2, 0.25) is 11.8 Å². The molecule has 1 aromatic rings. The summed E-state index contributed by atoms with van der Waals surface area (Å²) < 4.78 is 17.6. The average molecular weight is 451 g/mol. The monoisotopic (exact) mass is 450 g/mol. The zero-order chi connectivity index (χ0) is 21.7. The molecule has 8 heteroatoms. The van der Waals surface area contributed by atoms with Crippen molar-refractivity contribution in [3.8, 4) is 5.75 Å². The molecule has 1 saturated carbocycles. The van der Waals surface area contributed by atoms with Crippen LogP contribution < -0.4 is 4.74 Å². The van der Waals surface area contributed by atoms with Crippen LogP contribution in [-0.4, -0.2) is 79.8 Å². The van der Waals surface area contributed by atoms with Gasteiger partial charge in [0.1, 0.15) is 18.0 Å². The lowest BCUT2D eigenvalue weighted by Crippen LogP contribution is -2.59. The summed E-state index contributed by atoms with van der Waals surface area (Å²) in [5, 5.41) is 0.582. The van der Waals surface area contributed by atoms with E-state index in [1.165, 1.54) is 0 Å². The van der Waals surface area contributed by atoms with Crippen LogP contribution in [0, 0.1) is 5.92 Å². The standard InChI is InChI=1S/C23H31ClN2O5/c24-19-6-3-7-20(14-19)30-17-23(15-21(27)25-8-11-29-12-9-25)16-26(10-13-31-23)22(28)18-4-1-2-5-18/h3,6-7,14,18H,1-2,4-5,8-13,15-17H2. The SMILES string of the molecule is O=C(CC1(COc2cccc(Cl)c2)CN(C(=O)C2CCCC2)CCO1)N1CCOCC1. The van der Waals surface area contributed by atoms with E-state index >= 15 is 0 Å². The van der Waals surface area contributed by atoms with E-state index in [4.69, 9.17) is 25.8 Å². The number of hydrogen-bond acceptors (Lipinski definition) is 5. The highest BCUT2D eigenvalue weighted by atomic mass is 35.5. The first-order valence-electron chi connectivity index (χ1n) is 11.2. The van der Waals surface area contributed by atoms with Gasteiger partial charge >= 0.3 is 0 Å². The number of carbonyl (C=O) groups is 2. The Morgan fingerprint density at radius 1 is 1.10 bits per heavy atom. The molecule has 0 spiro atoms. The zero-order valence-corrected chi connectivity index (χ0v) is 18.6. The highest BCUT2D eigenvalue weighted by Crippen LogP contribution is 2.31. The third kappa shape index (κ3) is 5.70. The molecule has 31 heavy (non-hydrogen) atoms. The van der Waals surface area contributed by atoms with Crippen LogP contribution in [-0.2, 0) is 19.1 Å². The number of halogens is 1. The molecule has 0 bridgehead atoms. The first kappa shape index (κ1) is 22.4. The molecule has 1 unspecified atom stereocenters. The second kappa shape index (κ2) is 10.2. The van der Waals surface area contributed by atoms with Gasteiger partial charge in [-0.2, -0.15) is 0 Å². The summed E-state index contributed by atoms with van der Waals surface area (Å²) in [6.45, 7) is 3.74. The summed E-state index contributed by atoms with van der Waals surface area (Å²) >= 11 is 6.09. The number of benzene rings is 1. The van der Waals surface area contributed by atoms with E-state index in [1.54, 1.807) is 12.1 Å². The van der Waals surface area contributed by atoms with Gasteiger partial charge in [-0.25, -0.2) is 0 Å². The highest BCUT2D eigenvalue weighted by Gasteiger charge is 2.43. The fourth-order valence-corrected chi connectivity index (χ4v) is 4.86. The molecule has 0 aromatic heterocycles. The molecule has 7 nitrogen and oxygen atoms in total. The maximum Gasteiger partial charge on any atom is 0.225 e. The molecule has 2 heterocycles. The highest BCUT2D eigenvalue weighted by molar-refractivity contribution is 6.30. The minimum absolute atomic E-state index is 0.00756. The van der Waals surface area contributed by atoms with Gasteiger partial charge < -0.3 is 24.0 Å². The molecule has 1 aliphatic carbocycles. The van der Waals surface area contributed by atoms with Crippen LogP contribution in [0.2, 0.25) is 5.02 Å². The van der Waals surface area contributed by atoms with Crippen molar-refractivity contribution < 1.29 is 23.8 Å². The lowest BCUT2D eigenvalue weighted by Gasteiger charge is -2.43. The normalized spacial score (nSPS) is 24.9. The van der Waals surface area contributed by atoms with Crippen molar-refractivity contribution in [1.82, 2.24) is 9.80 Å². The van der Waals surface area contributed by atoms with E-state index in [0.29, 0.717) is 56.8 Å². The van der Waals surface area contributed by atoms with Gasteiger partial charge in [-0.3, -0.25) is 9.59 Å². The maximum absolute atomic E-state index is 13.1. The van der Waals surface area contributed by atoms with Crippen LogP contribution in [0.5, 0.6) is 5.75 Å². The van der Waals surface area contributed by atoms with Gasteiger partial charge in [-0.1, -0.05) is 30.5 Å². The minimum atomic E-state index is -0.885. The van der Waals surface area contributed by atoms with Crippen LogP contribution in [0.1, 0.15) is 32.1 Å². The third-order valence-corrected chi connectivity index (χ3v) is 6.63. The number of rotatable bonds is 6. The number of ether oxygens (including phenoxy) is 3. The molecule has 3 fully saturated rings. The first-order chi connectivity index (χ1) is 15.0. The van der Waals surface area contributed by atoms with E-state index < -0.39 is 5.60 Å². The summed E-state index contributed by atoms with van der Waals surface area (Å²) in [4.78, 5) is 29.9. The minimum Gasteiger partial charge on any atom is -0.490 e. The van der Waals surface area contributed by atoms with E-state index in [0.717, 1.165) is 25.7 Å². The largest absolute Gasteiger partial charge is 0.490 e. The van der Waals surface area contributed by atoms with Crippen molar-refractivity contribution >= 4 is 23.4 Å². The van der Waals surface area contributed by atoms with E-state index in [1.807, 2.05) is 21.9 Å². The Balaban J connectivity index is 1.49. The molecule has 170 valence electrons. The Bertz CT molecular complexity index is 779. The average Bonchev–Trinajstić information content (AvgIpc) is 3.33. The summed E-state index contributed by atoms with van der Waals surface area (Å²) in [5.41, 5.74) is -0.885. The Kier molecular flexibility index (Phi) is 7.35. The van der Waals surface area contributed by atoms with Gasteiger partial charge in [0, 0.05) is 30.6 Å².